The van der Waals surface area contributed by atoms with Gasteiger partial charge in [-0.15, -0.1) is 0 Å². The number of nitrogens with two attached hydrogens (primary N) is 1. The van der Waals surface area contributed by atoms with Gasteiger partial charge in [0.25, 0.3) is 0 Å². The minimum Gasteiger partial charge on any atom is -0.494 e. The van der Waals surface area contributed by atoms with Crippen molar-refractivity contribution in [3.63, 3.8) is 0 Å². The number of hydrogen-bond donors (Lipinski definition) is 1. The van der Waals surface area contributed by atoms with Crippen LogP contribution in [0.3, 0.4) is 0 Å². The molecule has 2 rings (SSSR count). The number of hydrogen-bond acceptors (Lipinski definition) is 4. The van der Waals surface area contributed by atoms with Gasteiger partial charge in [-0.3, -0.25) is 4.98 Å². The number of aromatic nitrogens is 1. The molecule has 0 bridgehead atoms. The standard InChI is InChI=1S/C15H12FN3O/c1-20-14-5-4-10(7-13(14)16)15(18)12(8-17)11-3-2-6-19-9-11/h2-7,9H,18H2,1H3/b15-12+. The van der Waals surface area contributed by atoms with Crippen LogP contribution in [0.2, 0.25) is 0 Å². The van der Waals surface area contributed by atoms with Gasteiger partial charge in [-0.05, 0) is 24.3 Å². The van der Waals surface area contributed by atoms with E-state index in [1.54, 1.807) is 24.4 Å². The van der Waals surface area contributed by atoms with Gasteiger partial charge in [0.1, 0.15) is 6.07 Å². The summed E-state index contributed by atoms with van der Waals surface area (Å²) in [5.74, 6) is -0.405. The summed E-state index contributed by atoms with van der Waals surface area (Å²) < 4.78 is 18.5. The quantitative estimate of drug-likeness (QED) is 0.869. The van der Waals surface area contributed by atoms with E-state index in [0.717, 1.165) is 0 Å². The summed E-state index contributed by atoms with van der Waals surface area (Å²) >= 11 is 0. The summed E-state index contributed by atoms with van der Waals surface area (Å²) in [4.78, 5) is 3.94. The summed E-state index contributed by atoms with van der Waals surface area (Å²) in [6, 6.07) is 9.76. The van der Waals surface area contributed by atoms with Gasteiger partial charge in [0, 0.05) is 23.5 Å². The van der Waals surface area contributed by atoms with Gasteiger partial charge in [0.15, 0.2) is 11.6 Å². The molecule has 2 aromatic rings. The minimum atomic E-state index is -0.531. The van der Waals surface area contributed by atoms with E-state index in [9.17, 15) is 9.65 Å². The summed E-state index contributed by atoms with van der Waals surface area (Å²) in [6.07, 6.45) is 3.13. The van der Waals surface area contributed by atoms with E-state index in [1.165, 1.54) is 25.4 Å². The number of pyridine rings is 1. The average Bonchev–Trinajstić information content (AvgIpc) is 2.49. The monoisotopic (exact) mass is 269 g/mol. The smallest absolute Gasteiger partial charge is 0.165 e. The lowest BCUT2D eigenvalue weighted by molar-refractivity contribution is 0.386. The minimum absolute atomic E-state index is 0.126. The van der Waals surface area contributed by atoms with Crippen LogP contribution in [-0.4, -0.2) is 12.1 Å². The largest absolute Gasteiger partial charge is 0.494 e. The molecular weight excluding hydrogens is 257 g/mol. The maximum Gasteiger partial charge on any atom is 0.165 e. The summed E-state index contributed by atoms with van der Waals surface area (Å²) in [5.41, 5.74) is 7.42. The van der Waals surface area contributed by atoms with Crippen LogP contribution >= 0.6 is 0 Å². The molecule has 0 saturated carbocycles. The van der Waals surface area contributed by atoms with Gasteiger partial charge in [0.2, 0.25) is 0 Å². The summed E-state index contributed by atoms with van der Waals surface area (Å²) in [7, 11) is 1.38. The second-order valence-corrected chi connectivity index (χ2v) is 3.99. The van der Waals surface area contributed by atoms with Gasteiger partial charge in [-0.2, -0.15) is 5.26 Å². The fraction of sp³-hybridized carbons (Fsp3) is 0.0667. The Kier molecular flexibility index (Phi) is 3.96. The number of ether oxygens (including phenoxy) is 1. The molecule has 0 radical (unpaired) electrons. The van der Waals surface area contributed by atoms with E-state index < -0.39 is 5.82 Å². The van der Waals surface area contributed by atoms with Crippen molar-refractivity contribution in [1.82, 2.24) is 4.98 Å². The molecule has 0 unspecified atom stereocenters. The topological polar surface area (TPSA) is 71.9 Å². The number of benzene rings is 1. The molecule has 0 atom stereocenters. The highest BCUT2D eigenvalue weighted by Gasteiger charge is 2.11. The molecule has 0 saturated heterocycles. The van der Waals surface area contributed by atoms with Crippen LogP contribution in [0, 0.1) is 17.1 Å². The average molecular weight is 269 g/mol. The Labute approximate surface area is 115 Å². The van der Waals surface area contributed by atoms with Crippen molar-refractivity contribution < 1.29 is 9.13 Å². The molecule has 2 N–H and O–H groups in total. The Balaban J connectivity index is 2.52. The van der Waals surface area contributed by atoms with E-state index in [0.29, 0.717) is 11.1 Å². The molecule has 5 heteroatoms. The molecule has 0 spiro atoms. The molecule has 0 aliphatic heterocycles. The van der Waals surface area contributed by atoms with Crippen molar-refractivity contribution in [2.24, 2.45) is 5.73 Å². The van der Waals surface area contributed by atoms with Gasteiger partial charge in [0.05, 0.1) is 18.4 Å². The van der Waals surface area contributed by atoms with Crippen LogP contribution in [0.15, 0.2) is 42.7 Å². The second kappa shape index (κ2) is 5.85. The van der Waals surface area contributed by atoms with E-state index >= 15 is 0 Å². The maximum absolute atomic E-state index is 13.7. The van der Waals surface area contributed by atoms with E-state index in [2.05, 4.69) is 4.98 Å². The highest BCUT2D eigenvalue weighted by atomic mass is 19.1. The maximum atomic E-state index is 13.7. The highest BCUT2D eigenvalue weighted by molar-refractivity contribution is 5.95. The Morgan fingerprint density at radius 1 is 1.35 bits per heavy atom. The van der Waals surface area contributed by atoms with Crippen LogP contribution in [-0.2, 0) is 0 Å². The lowest BCUT2D eigenvalue weighted by Gasteiger charge is -2.08. The molecule has 100 valence electrons. The third kappa shape index (κ3) is 2.59. The number of nitrogens with zero attached hydrogens (tertiary/aromatic N) is 2. The third-order valence-corrected chi connectivity index (χ3v) is 2.79. The zero-order chi connectivity index (χ0) is 14.5. The van der Waals surface area contributed by atoms with Crippen LogP contribution < -0.4 is 10.5 Å². The fourth-order valence-electron chi connectivity index (χ4n) is 1.77. The molecule has 0 amide bonds. The Morgan fingerprint density at radius 3 is 2.70 bits per heavy atom. The van der Waals surface area contributed by atoms with Gasteiger partial charge >= 0.3 is 0 Å². The Morgan fingerprint density at radius 2 is 2.15 bits per heavy atom. The first-order chi connectivity index (χ1) is 9.67. The second-order valence-electron chi connectivity index (χ2n) is 3.99. The number of allylic oxidation sites excluding steroid dienone is 1. The predicted molar refractivity (Wildman–Crippen MR) is 73.8 cm³/mol. The zero-order valence-corrected chi connectivity index (χ0v) is 10.8. The molecule has 1 heterocycles. The summed E-state index contributed by atoms with van der Waals surface area (Å²) in [5, 5.41) is 9.25. The first-order valence-electron chi connectivity index (χ1n) is 5.81. The number of halogens is 1. The van der Waals surface area contributed by atoms with E-state index in [1.807, 2.05) is 6.07 Å². The summed E-state index contributed by atoms with van der Waals surface area (Å²) in [6.45, 7) is 0. The van der Waals surface area contributed by atoms with Crippen LogP contribution in [0.4, 0.5) is 4.39 Å². The van der Waals surface area contributed by atoms with Crippen molar-refractivity contribution in [3.8, 4) is 11.8 Å². The van der Waals surface area contributed by atoms with Crippen LogP contribution in [0.25, 0.3) is 11.3 Å². The normalized spacial score (nSPS) is 11.4. The molecule has 0 aliphatic rings. The first kappa shape index (κ1) is 13.6. The molecular formula is C15H12FN3O. The lowest BCUT2D eigenvalue weighted by atomic mass is 10.0. The number of nitriles is 1. The predicted octanol–water partition coefficient (Wildman–Crippen LogP) is 2.58. The van der Waals surface area contributed by atoms with Crippen molar-refractivity contribution in [2.45, 2.75) is 0 Å². The van der Waals surface area contributed by atoms with Gasteiger partial charge in [-0.1, -0.05) is 6.07 Å². The van der Waals surface area contributed by atoms with Crippen molar-refractivity contribution in [1.29, 1.82) is 5.26 Å². The van der Waals surface area contributed by atoms with E-state index in [4.69, 9.17) is 10.5 Å². The third-order valence-electron chi connectivity index (χ3n) is 2.79. The van der Waals surface area contributed by atoms with Gasteiger partial charge in [-0.25, -0.2) is 4.39 Å². The Bertz CT molecular complexity index is 690. The zero-order valence-electron chi connectivity index (χ0n) is 10.8. The van der Waals surface area contributed by atoms with Crippen molar-refractivity contribution in [2.75, 3.05) is 7.11 Å². The molecule has 1 aromatic carbocycles. The van der Waals surface area contributed by atoms with E-state index in [-0.39, 0.29) is 17.0 Å². The van der Waals surface area contributed by atoms with Crippen LogP contribution in [0.5, 0.6) is 5.75 Å². The number of methoxy groups -OCH3 is 1. The Hall–Kier alpha value is -2.87. The molecule has 1 aromatic heterocycles. The van der Waals surface area contributed by atoms with Gasteiger partial charge < -0.3 is 10.5 Å². The van der Waals surface area contributed by atoms with Crippen molar-refractivity contribution >= 4 is 11.3 Å². The molecule has 0 aliphatic carbocycles. The lowest BCUT2D eigenvalue weighted by Crippen LogP contribution is -2.02. The van der Waals surface area contributed by atoms with Crippen molar-refractivity contribution in [3.05, 3.63) is 59.7 Å². The highest BCUT2D eigenvalue weighted by Crippen LogP contribution is 2.25. The SMILES string of the molecule is COc1ccc(/C(N)=C(/C#N)c2cccnc2)cc1F. The molecule has 0 fully saturated rings. The fourth-order valence-corrected chi connectivity index (χ4v) is 1.77. The molecule has 20 heavy (non-hydrogen) atoms. The first-order valence-corrected chi connectivity index (χ1v) is 5.81. The molecule has 4 nitrogen and oxygen atoms in total. The van der Waals surface area contributed by atoms with Crippen LogP contribution in [0.1, 0.15) is 11.1 Å². The number of rotatable bonds is 3.